The summed E-state index contributed by atoms with van der Waals surface area (Å²) in [5.41, 5.74) is 0. The Morgan fingerprint density at radius 3 is 1.41 bits per heavy atom. The van der Waals surface area contributed by atoms with Gasteiger partial charge in [-0.05, 0) is 89.9 Å². The molecule has 0 amide bonds. The van der Waals surface area contributed by atoms with Gasteiger partial charge >= 0.3 is 17.9 Å². The number of quaternary nitrogens is 1. The van der Waals surface area contributed by atoms with E-state index in [1.807, 2.05) is 21.1 Å². The van der Waals surface area contributed by atoms with Gasteiger partial charge in [0.15, 0.2) is 12.1 Å². The molecular weight excluding hydrogens is 703 g/mol. The Bertz CT molecular complexity index is 1230. The van der Waals surface area contributed by atoms with Crippen molar-refractivity contribution in [3.8, 4) is 0 Å². The second-order valence-electron chi connectivity index (χ2n) is 14.8. The molecule has 0 saturated heterocycles. The fraction of sp³-hybridized carbons (Fsp3) is 0.604. The van der Waals surface area contributed by atoms with Crippen LogP contribution in [-0.4, -0.2) is 80.6 Å². The molecule has 8 nitrogen and oxygen atoms in total. The second kappa shape index (κ2) is 38.1. The standard InChI is InChI=1S/C48H77NO7/c1-6-8-10-12-14-16-17-18-19-20-21-22-23-24-25-26-27-28-29-31-33-35-37-39-47(51)56-44(42-54-41-40-45(48(52)53)49(3,4)5)43-55-46(50)38-36-34-32-30-15-13-11-9-7-2/h8-11,14-16,18-19,21-22,24-25,27-28,30,44-45H,6-7,12-13,17,20,23,26,29,31-43H2,1-5H3/p+1/b10-8+,11-9+,16-14+,19-18+,22-21+,25-24+,28-27+,30-15+. The van der Waals surface area contributed by atoms with Crippen molar-refractivity contribution in [3.63, 3.8) is 0 Å². The number of allylic oxidation sites excluding steroid dienone is 16. The fourth-order valence-corrected chi connectivity index (χ4v) is 5.48. The highest BCUT2D eigenvalue weighted by Gasteiger charge is 2.31. The van der Waals surface area contributed by atoms with E-state index in [-0.39, 0.29) is 42.7 Å². The highest BCUT2D eigenvalue weighted by molar-refractivity contribution is 5.72. The van der Waals surface area contributed by atoms with Crippen molar-refractivity contribution in [2.45, 2.75) is 148 Å². The van der Waals surface area contributed by atoms with E-state index in [9.17, 15) is 19.5 Å². The van der Waals surface area contributed by atoms with E-state index in [1.165, 1.54) is 0 Å². The number of nitrogens with zero attached hydrogens (tertiary/aromatic N) is 1. The number of carbonyl (C=O) groups excluding carboxylic acids is 2. The van der Waals surface area contributed by atoms with Gasteiger partial charge in [-0.3, -0.25) is 9.59 Å². The Hall–Kier alpha value is -3.75. The zero-order valence-electron chi connectivity index (χ0n) is 35.8. The number of carboxylic acids is 1. The van der Waals surface area contributed by atoms with Gasteiger partial charge in [-0.15, -0.1) is 0 Å². The van der Waals surface area contributed by atoms with Crippen LogP contribution in [0, 0.1) is 0 Å². The maximum atomic E-state index is 12.7. The van der Waals surface area contributed by atoms with Crippen LogP contribution in [0.4, 0.5) is 0 Å². The molecule has 2 atom stereocenters. The summed E-state index contributed by atoms with van der Waals surface area (Å²) in [6, 6.07) is -0.629. The van der Waals surface area contributed by atoms with Gasteiger partial charge in [-0.2, -0.15) is 0 Å². The largest absolute Gasteiger partial charge is 0.477 e. The summed E-state index contributed by atoms with van der Waals surface area (Å²) in [4.78, 5) is 36.8. The lowest BCUT2D eigenvalue weighted by atomic mass is 10.1. The summed E-state index contributed by atoms with van der Waals surface area (Å²) >= 11 is 0. The number of ether oxygens (including phenoxy) is 3. The molecule has 0 fully saturated rings. The SMILES string of the molecule is CC/C=C/C/C=C/C/C=C/C/C=C/C/C=C/C/C=C/CCCCCCC(=O)OC(COCCC(C(=O)O)[N+](C)(C)C)COC(=O)CCCC/C=C/C/C=C/CC. The molecule has 2 unspecified atom stereocenters. The maximum absolute atomic E-state index is 12.7. The van der Waals surface area contributed by atoms with Crippen LogP contribution in [0.25, 0.3) is 0 Å². The van der Waals surface area contributed by atoms with E-state index in [0.717, 1.165) is 103 Å². The summed E-state index contributed by atoms with van der Waals surface area (Å²) in [5, 5.41) is 9.60. The van der Waals surface area contributed by atoms with E-state index in [2.05, 4.69) is 111 Å². The first-order valence-corrected chi connectivity index (χ1v) is 21.3. The van der Waals surface area contributed by atoms with Gasteiger partial charge in [0.05, 0.1) is 34.4 Å². The van der Waals surface area contributed by atoms with Crippen LogP contribution >= 0.6 is 0 Å². The number of carboxylic acid groups (broad SMARTS) is 1. The Labute approximate surface area is 341 Å². The molecule has 0 heterocycles. The molecule has 0 aliphatic heterocycles. The van der Waals surface area contributed by atoms with Crippen molar-refractivity contribution >= 4 is 17.9 Å². The summed E-state index contributed by atoms with van der Waals surface area (Å²) < 4.78 is 17.1. The van der Waals surface area contributed by atoms with Gasteiger partial charge in [0.25, 0.3) is 0 Å². The lowest BCUT2D eigenvalue weighted by molar-refractivity contribution is -0.887. The molecule has 0 spiro atoms. The van der Waals surface area contributed by atoms with Crippen LogP contribution in [0.5, 0.6) is 0 Å². The van der Waals surface area contributed by atoms with Crippen LogP contribution in [0.1, 0.15) is 136 Å². The third-order valence-electron chi connectivity index (χ3n) is 8.73. The van der Waals surface area contributed by atoms with Gasteiger partial charge in [-0.25, -0.2) is 4.79 Å². The van der Waals surface area contributed by atoms with Crippen molar-refractivity contribution in [2.24, 2.45) is 0 Å². The van der Waals surface area contributed by atoms with Crippen LogP contribution in [0.3, 0.4) is 0 Å². The molecule has 0 aromatic heterocycles. The third kappa shape index (κ3) is 35.9. The lowest BCUT2D eigenvalue weighted by Crippen LogP contribution is -2.50. The van der Waals surface area contributed by atoms with Gasteiger partial charge in [-0.1, -0.05) is 124 Å². The van der Waals surface area contributed by atoms with Crippen molar-refractivity contribution in [1.29, 1.82) is 0 Å². The third-order valence-corrected chi connectivity index (χ3v) is 8.73. The monoisotopic (exact) mass is 781 g/mol. The number of hydrogen-bond acceptors (Lipinski definition) is 6. The predicted molar refractivity (Wildman–Crippen MR) is 233 cm³/mol. The second-order valence-corrected chi connectivity index (χ2v) is 14.8. The van der Waals surface area contributed by atoms with Crippen LogP contribution in [-0.2, 0) is 28.6 Å². The molecule has 0 saturated carbocycles. The number of unbranched alkanes of at least 4 members (excludes halogenated alkanes) is 6. The molecule has 0 aliphatic rings. The summed E-state index contributed by atoms with van der Waals surface area (Å²) in [7, 11) is 5.49. The first kappa shape index (κ1) is 52.2. The van der Waals surface area contributed by atoms with Gasteiger partial charge in [0.2, 0.25) is 0 Å². The van der Waals surface area contributed by atoms with Crippen molar-refractivity contribution < 1.29 is 38.2 Å². The highest BCUT2D eigenvalue weighted by atomic mass is 16.6. The molecule has 56 heavy (non-hydrogen) atoms. The zero-order valence-corrected chi connectivity index (χ0v) is 35.8. The molecule has 0 aromatic rings. The average molecular weight is 781 g/mol. The molecule has 316 valence electrons. The molecule has 8 heteroatoms. The number of likely N-dealkylation sites (N-methyl/N-ethyl adjacent to an activating group) is 1. The van der Waals surface area contributed by atoms with E-state index < -0.39 is 18.1 Å². The van der Waals surface area contributed by atoms with Crippen molar-refractivity contribution in [3.05, 3.63) is 97.2 Å². The predicted octanol–water partition coefficient (Wildman–Crippen LogP) is 11.5. The van der Waals surface area contributed by atoms with Gasteiger partial charge in [0, 0.05) is 19.3 Å². The minimum Gasteiger partial charge on any atom is -0.477 e. The van der Waals surface area contributed by atoms with Crippen LogP contribution in [0.2, 0.25) is 0 Å². The maximum Gasteiger partial charge on any atom is 0.362 e. The lowest BCUT2D eigenvalue weighted by Gasteiger charge is -2.31. The van der Waals surface area contributed by atoms with Crippen LogP contribution in [0.15, 0.2) is 97.2 Å². The number of aliphatic carboxylic acids is 1. The van der Waals surface area contributed by atoms with E-state index in [4.69, 9.17) is 14.2 Å². The van der Waals surface area contributed by atoms with Crippen molar-refractivity contribution in [1.82, 2.24) is 0 Å². The van der Waals surface area contributed by atoms with Gasteiger partial charge < -0.3 is 23.8 Å². The number of carbonyl (C=O) groups is 3. The normalized spacial score (nSPS) is 13.9. The first-order chi connectivity index (χ1) is 27.1. The molecule has 0 radical (unpaired) electrons. The van der Waals surface area contributed by atoms with E-state index in [0.29, 0.717) is 12.8 Å². The minimum atomic E-state index is -0.890. The first-order valence-electron chi connectivity index (χ1n) is 21.3. The molecule has 0 rings (SSSR count). The highest BCUT2D eigenvalue weighted by Crippen LogP contribution is 2.12. The van der Waals surface area contributed by atoms with E-state index >= 15 is 0 Å². The summed E-state index contributed by atoms with van der Waals surface area (Å²) in [5.74, 6) is -1.56. The summed E-state index contributed by atoms with van der Waals surface area (Å²) in [6.07, 6.45) is 50.4. The zero-order chi connectivity index (χ0) is 41.4. The Kier molecular flexibility index (Phi) is 35.6. The average Bonchev–Trinajstić information content (AvgIpc) is 3.15. The molecule has 0 bridgehead atoms. The Morgan fingerprint density at radius 1 is 0.536 bits per heavy atom. The minimum absolute atomic E-state index is 0.0335. The fourth-order valence-electron chi connectivity index (χ4n) is 5.48. The van der Waals surface area contributed by atoms with Gasteiger partial charge in [0.1, 0.15) is 6.61 Å². The smallest absolute Gasteiger partial charge is 0.362 e. The Balaban J connectivity index is 4.39. The molecule has 0 aromatic carbocycles. The number of hydrogen-bond donors (Lipinski definition) is 1. The Morgan fingerprint density at radius 2 is 0.946 bits per heavy atom. The molecular formula is C48H78NO7+. The number of rotatable bonds is 36. The van der Waals surface area contributed by atoms with E-state index in [1.54, 1.807) is 0 Å². The topological polar surface area (TPSA) is 99.1 Å². The number of esters is 2. The molecule has 0 aliphatic carbocycles. The summed E-state index contributed by atoms with van der Waals surface area (Å²) in [6.45, 7) is 4.40. The van der Waals surface area contributed by atoms with Crippen molar-refractivity contribution in [2.75, 3.05) is 41.0 Å². The molecule has 1 N–H and O–H groups in total. The van der Waals surface area contributed by atoms with Crippen LogP contribution < -0.4 is 0 Å². The quantitative estimate of drug-likeness (QED) is 0.0292.